The van der Waals surface area contributed by atoms with E-state index in [1.807, 2.05) is 58.0 Å². The molecule has 1 saturated carbocycles. The van der Waals surface area contributed by atoms with Crippen molar-refractivity contribution in [3.63, 3.8) is 0 Å². The van der Waals surface area contributed by atoms with Crippen LogP contribution in [0.3, 0.4) is 0 Å². The van der Waals surface area contributed by atoms with Crippen molar-refractivity contribution in [2.24, 2.45) is 11.3 Å². The van der Waals surface area contributed by atoms with E-state index in [0.29, 0.717) is 19.8 Å². The van der Waals surface area contributed by atoms with Crippen LogP contribution in [-0.4, -0.2) is 59.1 Å². The molecule has 1 aliphatic heterocycles. The van der Waals surface area contributed by atoms with Gasteiger partial charge in [0.15, 0.2) is 0 Å². The first-order valence-electron chi connectivity index (χ1n) is 15.5. The number of nitrogens with zero attached hydrogens (tertiary/aromatic N) is 3. The molecular weight excluding hydrogens is 556 g/mol. The van der Waals surface area contributed by atoms with Gasteiger partial charge in [-0.05, 0) is 75.1 Å². The van der Waals surface area contributed by atoms with Gasteiger partial charge in [0.05, 0.1) is 25.0 Å². The molecule has 2 fully saturated rings. The summed E-state index contributed by atoms with van der Waals surface area (Å²) >= 11 is 0. The van der Waals surface area contributed by atoms with Crippen molar-refractivity contribution in [2.75, 3.05) is 31.2 Å². The molecule has 1 aliphatic carbocycles. The summed E-state index contributed by atoms with van der Waals surface area (Å²) < 4.78 is 17.3. The number of hydrogen-bond acceptors (Lipinski definition) is 8. The predicted octanol–water partition coefficient (Wildman–Crippen LogP) is 5.88. The van der Waals surface area contributed by atoms with Crippen LogP contribution in [0.4, 0.5) is 10.7 Å². The van der Waals surface area contributed by atoms with E-state index >= 15 is 0 Å². The number of benzene rings is 2. The van der Waals surface area contributed by atoms with Crippen molar-refractivity contribution in [2.45, 2.75) is 78.0 Å². The molecule has 44 heavy (non-hydrogen) atoms. The number of aliphatic hydroxyl groups is 1. The van der Waals surface area contributed by atoms with Gasteiger partial charge in [-0.3, -0.25) is 0 Å². The summed E-state index contributed by atoms with van der Waals surface area (Å²) in [5, 5.41) is 12.4. The highest BCUT2D eigenvalue weighted by Gasteiger charge is 2.52. The van der Waals surface area contributed by atoms with Crippen molar-refractivity contribution in [3.05, 3.63) is 77.6 Å². The van der Waals surface area contributed by atoms with Crippen LogP contribution < -0.4 is 19.7 Å². The standard InChI is InChI=1S/C35H46N4O5/c1-24(20-44-32(41)38-33(2,3)4)19-42-29-11-7-25(8-12-29)34(5,6)26-9-13-30(14-10-26)43-21-27-15-16-36-31(37-27)39-22-35(23-39)17-28(40)18-35/h7-16,24,28,40H,17-23H2,1-6H3,(H,38,41). The van der Waals surface area contributed by atoms with Gasteiger partial charge in [0.1, 0.15) is 18.1 Å². The summed E-state index contributed by atoms with van der Waals surface area (Å²) in [5.74, 6) is 2.36. The lowest BCUT2D eigenvalue weighted by Crippen LogP contribution is -2.64. The molecule has 1 aromatic heterocycles. The number of rotatable bonds is 11. The van der Waals surface area contributed by atoms with E-state index in [9.17, 15) is 9.90 Å². The van der Waals surface area contributed by atoms with Crippen molar-refractivity contribution < 1.29 is 24.1 Å². The van der Waals surface area contributed by atoms with Crippen LogP contribution in [0, 0.1) is 11.3 Å². The highest BCUT2D eigenvalue weighted by atomic mass is 16.6. The number of carbonyl (C=O) groups is 1. The minimum atomic E-state index is -0.415. The van der Waals surface area contributed by atoms with Gasteiger partial charge >= 0.3 is 6.09 Å². The maximum Gasteiger partial charge on any atom is 0.407 e. The quantitative estimate of drug-likeness (QED) is 0.280. The summed E-state index contributed by atoms with van der Waals surface area (Å²) in [6, 6.07) is 18.3. The van der Waals surface area contributed by atoms with Crippen molar-refractivity contribution >= 4 is 12.0 Å². The maximum absolute atomic E-state index is 11.9. The Labute approximate surface area is 261 Å². The Balaban J connectivity index is 1.09. The normalized spacial score (nSPS) is 16.9. The minimum Gasteiger partial charge on any atom is -0.493 e. The van der Waals surface area contributed by atoms with Gasteiger partial charge in [0.25, 0.3) is 0 Å². The minimum absolute atomic E-state index is 0.0600. The molecule has 0 radical (unpaired) electrons. The third-order valence-electron chi connectivity index (χ3n) is 8.42. The SMILES string of the molecule is CC(COC(=O)NC(C)(C)C)COc1ccc(C(C)(C)c2ccc(OCc3ccnc(N4CC5(CC(O)C5)C4)n3)cc2)cc1. The second kappa shape index (κ2) is 12.6. The summed E-state index contributed by atoms with van der Waals surface area (Å²) in [6.45, 7) is 15.1. The largest absolute Gasteiger partial charge is 0.493 e. The van der Waals surface area contributed by atoms with Gasteiger partial charge in [-0.25, -0.2) is 14.8 Å². The van der Waals surface area contributed by atoms with Gasteiger partial charge in [0.2, 0.25) is 5.95 Å². The van der Waals surface area contributed by atoms with E-state index in [1.54, 1.807) is 6.20 Å². The monoisotopic (exact) mass is 602 g/mol. The summed E-state index contributed by atoms with van der Waals surface area (Å²) in [5.41, 5.74) is 2.91. The molecule has 1 amide bonds. The molecule has 2 N–H and O–H groups in total. The Bertz CT molecular complexity index is 1400. The van der Waals surface area contributed by atoms with E-state index < -0.39 is 6.09 Å². The summed E-state index contributed by atoms with van der Waals surface area (Å²) in [7, 11) is 0. The number of nitrogens with one attached hydrogen (secondary N) is 1. The van der Waals surface area contributed by atoms with Crippen molar-refractivity contribution in [1.29, 1.82) is 0 Å². The molecule has 3 aromatic rings. The number of anilines is 1. The van der Waals surface area contributed by atoms with Gasteiger partial charge in [-0.1, -0.05) is 45.0 Å². The zero-order valence-electron chi connectivity index (χ0n) is 26.8. The van der Waals surface area contributed by atoms with E-state index in [0.717, 1.165) is 49.1 Å². The third kappa shape index (κ3) is 7.80. The third-order valence-corrected chi connectivity index (χ3v) is 8.42. The molecule has 2 heterocycles. The van der Waals surface area contributed by atoms with Crippen LogP contribution in [0.2, 0.25) is 0 Å². The van der Waals surface area contributed by atoms with Crippen LogP contribution in [0.15, 0.2) is 60.8 Å². The van der Waals surface area contributed by atoms with Gasteiger partial charge in [0, 0.05) is 41.6 Å². The molecule has 1 spiro atoms. The number of aliphatic hydroxyl groups excluding tert-OH is 1. The number of aromatic nitrogens is 2. The Morgan fingerprint density at radius 1 is 0.955 bits per heavy atom. The molecular formula is C35H46N4O5. The van der Waals surface area contributed by atoms with Crippen LogP contribution in [-0.2, 0) is 16.8 Å². The average molecular weight is 603 g/mol. The molecule has 5 rings (SSSR count). The maximum atomic E-state index is 11.9. The lowest BCUT2D eigenvalue weighted by molar-refractivity contribution is -0.0497. The highest BCUT2D eigenvalue weighted by molar-refractivity contribution is 5.68. The fraction of sp³-hybridized carbons (Fsp3) is 0.514. The first-order chi connectivity index (χ1) is 20.8. The molecule has 0 bridgehead atoms. The van der Waals surface area contributed by atoms with Gasteiger partial charge < -0.3 is 29.5 Å². The fourth-order valence-electron chi connectivity index (χ4n) is 5.83. The smallest absolute Gasteiger partial charge is 0.407 e. The van der Waals surface area contributed by atoms with Crippen LogP contribution in [0.25, 0.3) is 0 Å². The Hall–Kier alpha value is -3.85. The number of amides is 1. The molecule has 2 aliphatic rings. The zero-order chi connectivity index (χ0) is 31.5. The van der Waals surface area contributed by atoms with E-state index in [1.165, 1.54) is 11.1 Å². The van der Waals surface area contributed by atoms with Crippen LogP contribution >= 0.6 is 0 Å². The molecule has 9 heteroatoms. The highest BCUT2D eigenvalue weighted by Crippen LogP contribution is 2.49. The Kier molecular flexibility index (Phi) is 9.07. The predicted molar refractivity (Wildman–Crippen MR) is 170 cm³/mol. The average Bonchev–Trinajstić information content (AvgIpc) is 2.94. The molecule has 9 nitrogen and oxygen atoms in total. The van der Waals surface area contributed by atoms with Crippen LogP contribution in [0.1, 0.15) is 71.2 Å². The summed E-state index contributed by atoms with van der Waals surface area (Å²) in [6.07, 6.45) is 3.00. The lowest BCUT2D eigenvalue weighted by atomic mass is 9.62. The van der Waals surface area contributed by atoms with Crippen molar-refractivity contribution in [3.8, 4) is 11.5 Å². The zero-order valence-corrected chi connectivity index (χ0v) is 26.8. The Morgan fingerprint density at radius 2 is 1.55 bits per heavy atom. The summed E-state index contributed by atoms with van der Waals surface area (Å²) in [4.78, 5) is 23.2. The lowest BCUT2D eigenvalue weighted by Gasteiger charge is -2.57. The number of alkyl carbamates (subject to hydrolysis) is 1. The second-order valence-corrected chi connectivity index (χ2v) is 14.1. The first-order valence-corrected chi connectivity index (χ1v) is 15.5. The van der Waals surface area contributed by atoms with Crippen molar-refractivity contribution in [1.82, 2.24) is 15.3 Å². The van der Waals surface area contributed by atoms with E-state index in [4.69, 9.17) is 19.2 Å². The van der Waals surface area contributed by atoms with Gasteiger partial charge in [-0.2, -0.15) is 0 Å². The number of hydrogen-bond donors (Lipinski definition) is 2. The number of ether oxygens (including phenoxy) is 3. The fourth-order valence-corrected chi connectivity index (χ4v) is 5.83. The molecule has 236 valence electrons. The second-order valence-electron chi connectivity index (χ2n) is 14.1. The van der Waals surface area contributed by atoms with E-state index in [-0.39, 0.29) is 28.4 Å². The topological polar surface area (TPSA) is 106 Å². The molecule has 1 saturated heterocycles. The van der Waals surface area contributed by atoms with Gasteiger partial charge in [-0.15, -0.1) is 0 Å². The molecule has 1 atom stereocenters. The molecule has 2 aromatic carbocycles. The first kappa shape index (κ1) is 31.6. The number of carbonyl (C=O) groups excluding carboxylic acids is 1. The molecule has 1 unspecified atom stereocenters. The van der Waals surface area contributed by atoms with Crippen LogP contribution in [0.5, 0.6) is 11.5 Å². The Morgan fingerprint density at radius 3 is 2.11 bits per heavy atom. The van der Waals surface area contributed by atoms with E-state index in [2.05, 4.69) is 53.3 Å².